The number of para-hydroxylation sites is 1. The molecule has 25 heavy (non-hydrogen) atoms. The van der Waals surface area contributed by atoms with Crippen LogP contribution in [0.3, 0.4) is 0 Å². The molecular weight excluding hydrogens is 316 g/mol. The Bertz CT molecular complexity index is 677. The van der Waals surface area contributed by atoms with Gasteiger partial charge in [-0.15, -0.1) is 0 Å². The summed E-state index contributed by atoms with van der Waals surface area (Å²) in [5.41, 5.74) is 2.48. The second-order valence-electron chi connectivity index (χ2n) is 6.36. The van der Waals surface area contributed by atoms with Crippen LogP contribution >= 0.6 is 0 Å². The molecule has 4 heteroatoms. The predicted octanol–water partition coefficient (Wildman–Crippen LogP) is 4.24. The average Bonchev–Trinajstić information content (AvgIpc) is 3.42. The van der Waals surface area contributed by atoms with E-state index in [0.717, 1.165) is 12.2 Å². The van der Waals surface area contributed by atoms with Gasteiger partial charge in [0.15, 0.2) is 0 Å². The zero-order valence-corrected chi connectivity index (χ0v) is 15.0. The normalized spacial score (nSPS) is 19.2. The molecule has 3 rings (SSSR count). The summed E-state index contributed by atoms with van der Waals surface area (Å²) < 4.78 is 10.2. The number of aliphatic hydroxyl groups is 1. The summed E-state index contributed by atoms with van der Waals surface area (Å²) in [5.74, 6) is 0.836. The molecule has 0 spiro atoms. The molecule has 0 heterocycles. The van der Waals surface area contributed by atoms with E-state index in [1.54, 1.807) is 6.92 Å². The minimum atomic E-state index is -0.371. The summed E-state index contributed by atoms with van der Waals surface area (Å²) >= 11 is 0. The van der Waals surface area contributed by atoms with Crippen molar-refractivity contribution >= 4 is 5.97 Å². The molecule has 1 N–H and O–H groups in total. The highest BCUT2D eigenvalue weighted by Crippen LogP contribution is 2.41. The van der Waals surface area contributed by atoms with E-state index in [1.807, 2.05) is 30.3 Å². The molecule has 0 saturated heterocycles. The molecule has 1 aliphatic carbocycles. The van der Waals surface area contributed by atoms with Crippen LogP contribution in [-0.4, -0.2) is 24.3 Å². The van der Waals surface area contributed by atoms with Gasteiger partial charge in [-0.3, -0.25) is 4.79 Å². The van der Waals surface area contributed by atoms with E-state index in [4.69, 9.17) is 9.84 Å². The van der Waals surface area contributed by atoms with Gasteiger partial charge in [0.05, 0.1) is 19.1 Å². The molecule has 1 fully saturated rings. The first-order valence-corrected chi connectivity index (χ1v) is 8.50. The van der Waals surface area contributed by atoms with E-state index in [9.17, 15) is 4.79 Å². The lowest BCUT2D eigenvalue weighted by Crippen LogP contribution is -2.10. The van der Waals surface area contributed by atoms with Gasteiger partial charge < -0.3 is 14.6 Å². The Labute approximate surface area is 152 Å². The fraction of sp³-hybridized carbons (Fsp3) is 0.381. The van der Waals surface area contributed by atoms with Gasteiger partial charge in [0.1, 0.15) is 12.4 Å². The van der Waals surface area contributed by atoms with Crippen LogP contribution in [0.4, 0.5) is 0 Å². The molecule has 2 aromatic rings. The molecule has 138 valence electrons. The Morgan fingerprint density at radius 1 is 1.24 bits per heavy atom. The maximum Gasteiger partial charge on any atom is 0.309 e. The summed E-state index contributed by atoms with van der Waals surface area (Å²) in [4.78, 5) is 10.8. The highest BCUT2D eigenvalue weighted by molar-refractivity contribution is 5.75. The predicted molar refractivity (Wildman–Crippen MR) is 101 cm³/mol. The minimum absolute atomic E-state index is 0. The molecule has 3 atom stereocenters. The van der Waals surface area contributed by atoms with Crippen LogP contribution in [0.1, 0.15) is 27.3 Å². The molecule has 0 radical (unpaired) electrons. The zero-order chi connectivity index (χ0) is 18.2. The smallest absolute Gasteiger partial charge is 0.309 e. The van der Waals surface area contributed by atoms with Crippen molar-refractivity contribution in [2.75, 3.05) is 7.11 Å². The van der Waals surface area contributed by atoms with Crippen LogP contribution in [0.15, 0.2) is 54.6 Å². The zero-order valence-electron chi connectivity index (χ0n) is 15.0. The van der Waals surface area contributed by atoms with Gasteiger partial charge in [-0.1, -0.05) is 48.0 Å². The first kappa shape index (κ1) is 19.0. The summed E-state index contributed by atoms with van der Waals surface area (Å²) in [6, 6.07) is 18.2. The molecule has 1 saturated carbocycles. The number of benzene rings is 2. The van der Waals surface area contributed by atoms with Crippen molar-refractivity contribution in [3.63, 3.8) is 0 Å². The lowest BCUT2D eigenvalue weighted by molar-refractivity contribution is -0.142. The van der Waals surface area contributed by atoms with Gasteiger partial charge in [-0.2, -0.15) is 0 Å². The molecule has 0 amide bonds. The third kappa shape index (κ3) is 6.24. The lowest BCUT2D eigenvalue weighted by atomic mass is 10.1. The van der Waals surface area contributed by atoms with Crippen LogP contribution in [0.5, 0.6) is 5.75 Å². The van der Waals surface area contributed by atoms with Crippen molar-refractivity contribution in [1.29, 1.82) is 0 Å². The Hall–Kier alpha value is -2.33. The largest absolute Gasteiger partial charge is 0.489 e. The van der Waals surface area contributed by atoms with Crippen molar-refractivity contribution in [1.82, 2.24) is 0 Å². The van der Waals surface area contributed by atoms with Crippen molar-refractivity contribution in [2.45, 2.75) is 33.0 Å². The van der Waals surface area contributed by atoms with Gasteiger partial charge in [0.2, 0.25) is 0 Å². The summed E-state index contributed by atoms with van der Waals surface area (Å²) in [6.45, 7) is 4.42. The number of aryl methyl sites for hydroxylation is 1. The molecule has 0 aromatic heterocycles. The molecule has 1 unspecified atom stereocenters. The van der Waals surface area contributed by atoms with Gasteiger partial charge in [0, 0.05) is 2.85 Å². The number of methoxy groups -OCH3 is 1. The maximum atomic E-state index is 10.8. The van der Waals surface area contributed by atoms with Crippen LogP contribution in [-0.2, 0) is 16.1 Å². The first-order chi connectivity index (χ1) is 12.0. The van der Waals surface area contributed by atoms with Crippen molar-refractivity contribution in [2.24, 2.45) is 11.8 Å². The number of aliphatic hydroxyl groups excluding tert-OH is 1. The molecule has 2 aromatic carbocycles. The van der Waals surface area contributed by atoms with Gasteiger partial charge >= 0.3 is 5.97 Å². The molecule has 0 aliphatic heterocycles. The molecule has 0 bridgehead atoms. The van der Waals surface area contributed by atoms with Gasteiger partial charge in [-0.25, -0.2) is 0 Å². The lowest BCUT2D eigenvalue weighted by Gasteiger charge is -2.06. The standard InChI is InChI=1S/C14H14O.C7H12O3.2H2/c1-12-6-5-7-13(10-12)11-15-14-8-3-2-4-9-14;1-4(8)5-3-6(5)7(9)10-2;;/h2-10H,11H2,1H3;4-6,8H,3H2,1-2H3;2*1H/t;4?,5-,6+;;/m.0../s1. The number of rotatable bonds is 5. The number of carbonyl (C=O) groups is 1. The number of hydrogen-bond donors (Lipinski definition) is 1. The van der Waals surface area contributed by atoms with Crippen LogP contribution < -0.4 is 4.74 Å². The Morgan fingerprint density at radius 3 is 2.52 bits per heavy atom. The monoisotopic (exact) mass is 346 g/mol. The summed E-state index contributed by atoms with van der Waals surface area (Å²) in [5, 5.41) is 9.00. The fourth-order valence-electron chi connectivity index (χ4n) is 2.66. The number of hydrogen-bond acceptors (Lipinski definition) is 4. The topological polar surface area (TPSA) is 55.8 Å². The third-order valence-corrected chi connectivity index (χ3v) is 4.19. The Kier molecular flexibility index (Phi) is 7.02. The van der Waals surface area contributed by atoms with Crippen LogP contribution in [0.2, 0.25) is 0 Å². The maximum absolute atomic E-state index is 10.8. The second kappa shape index (κ2) is 9.23. The molecular formula is C21H30O4. The minimum Gasteiger partial charge on any atom is -0.489 e. The Balaban J connectivity index is 0.000000500. The van der Waals surface area contributed by atoms with Gasteiger partial charge in [-0.05, 0) is 43.9 Å². The summed E-state index contributed by atoms with van der Waals surface area (Å²) in [6.07, 6.45) is 0.411. The van der Waals surface area contributed by atoms with Crippen molar-refractivity contribution in [3.05, 3.63) is 65.7 Å². The quantitative estimate of drug-likeness (QED) is 0.823. The number of carbonyl (C=O) groups excluding carboxylic acids is 1. The Morgan fingerprint density at radius 2 is 1.96 bits per heavy atom. The van der Waals surface area contributed by atoms with Crippen LogP contribution in [0.25, 0.3) is 0 Å². The number of esters is 1. The molecule has 1 aliphatic rings. The summed E-state index contributed by atoms with van der Waals surface area (Å²) in [7, 11) is 1.37. The van der Waals surface area contributed by atoms with Crippen LogP contribution in [0, 0.1) is 18.8 Å². The average molecular weight is 346 g/mol. The number of ether oxygens (including phenoxy) is 2. The van der Waals surface area contributed by atoms with Crippen molar-refractivity contribution in [3.8, 4) is 5.75 Å². The van der Waals surface area contributed by atoms with E-state index >= 15 is 0 Å². The van der Waals surface area contributed by atoms with E-state index < -0.39 is 0 Å². The third-order valence-electron chi connectivity index (χ3n) is 4.19. The molecule has 4 nitrogen and oxygen atoms in total. The van der Waals surface area contributed by atoms with E-state index in [0.29, 0.717) is 6.61 Å². The highest BCUT2D eigenvalue weighted by Gasteiger charge is 2.46. The van der Waals surface area contributed by atoms with E-state index in [2.05, 4.69) is 35.9 Å². The van der Waals surface area contributed by atoms with Gasteiger partial charge in [0.25, 0.3) is 0 Å². The first-order valence-electron chi connectivity index (χ1n) is 8.50. The highest BCUT2D eigenvalue weighted by atomic mass is 16.5. The van der Waals surface area contributed by atoms with Crippen molar-refractivity contribution < 1.29 is 22.2 Å². The van der Waals surface area contributed by atoms with E-state index in [-0.39, 0.29) is 26.8 Å². The van der Waals surface area contributed by atoms with E-state index in [1.165, 1.54) is 18.2 Å². The SMILES string of the molecule is COC(=O)[C@@H]1C[C@H]1C(C)O.Cc1cccc(COc2ccccc2)c1.[HH].[HH]. The second-order valence-corrected chi connectivity index (χ2v) is 6.36. The fourth-order valence-corrected chi connectivity index (χ4v) is 2.66.